The van der Waals surface area contributed by atoms with Gasteiger partial charge in [0.1, 0.15) is 0 Å². The van der Waals surface area contributed by atoms with E-state index in [0.717, 1.165) is 0 Å². The average Bonchev–Trinajstić information content (AvgIpc) is 3.57. The van der Waals surface area contributed by atoms with Crippen LogP contribution in [-0.4, -0.2) is 4.57 Å². The second-order valence-corrected chi connectivity index (χ2v) is 12.4. The van der Waals surface area contributed by atoms with Crippen LogP contribution in [0.3, 0.4) is 0 Å². The molecule has 0 spiro atoms. The van der Waals surface area contributed by atoms with Crippen LogP contribution in [0.5, 0.6) is 0 Å². The van der Waals surface area contributed by atoms with Crippen molar-refractivity contribution in [3.05, 3.63) is 140 Å². The lowest BCUT2D eigenvalue weighted by atomic mass is 9.90. The summed E-state index contributed by atoms with van der Waals surface area (Å²) in [5, 5.41) is 15.8. The van der Waals surface area contributed by atoms with Gasteiger partial charge in [0.05, 0.1) is 11.0 Å². The number of fused-ring (bicyclic) bond motifs is 14. The van der Waals surface area contributed by atoms with E-state index in [0.29, 0.717) is 0 Å². The number of nitrogens with zero attached hydrogens (tertiary/aromatic N) is 1. The molecule has 0 aliphatic carbocycles. The minimum atomic E-state index is 1.19. The van der Waals surface area contributed by atoms with Gasteiger partial charge in [-0.15, -0.1) is 11.3 Å². The number of rotatable bonds is 1. The Hall–Kier alpha value is -5.18. The van der Waals surface area contributed by atoms with E-state index in [1.54, 1.807) is 0 Å². The summed E-state index contributed by atoms with van der Waals surface area (Å²) in [5.41, 5.74) is 3.70. The molecule has 0 aliphatic rings. The smallest absolute Gasteiger partial charge is 0.0555 e. The molecule has 0 fully saturated rings. The second kappa shape index (κ2) is 8.19. The van der Waals surface area contributed by atoms with Gasteiger partial charge >= 0.3 is 0 Å². The minimum Gasteiger partial charge on any atom is -0.309 e. The molecule has 10 aromatic rings. The standard InChI is InChI=1S/C40H23NS/c1-2-11-25(12-3-1)41-36-17-9-8-16-29(36)32-20-33-34-21-35-31(22-38(34)42-39(33)23-37(32)41)28-15-7-6-14-27(28)30-19-18-24-10-4-5-13-26(24)40(30)35/h1-23H. The topological polar surface area (TPSA) is 4.93 Å². The van der Waals surface area contributed by atoms with Gasteiger partial charge in [-0.3, -0.25) is 0 Å². The number of para-hydroxylation sites is 2. The van der Waals surface area contributed by atoms with E-state index in [1.807, 2.05) is 11.3 Å². The summed E-state index contributed by atoms with van der Waals surface area (Å²) in [6, 6.07) is 51.6. The molecule has 0 saturated heterocycles. The van der Waals surface area contributed by atoms with Crippen LogP contribution in [0.2, 0.25) is 0 Å². The minimum absolute atomic E-state index is 1.19. The molecule has 0 amide bonds. The summed E-state index contributed by atoms with van der Waals surface area (Å²) >= 11 is 1.91. The van der Waals surface area contributed by atoms with Crippen molar-refractivity contribution in [2.75, 3.05) is 0 Å². The number of benzene rings is 8. The van der Waals surface area contributed by atoms with Crippen LogP contribution in [0.4, 0.5) is 0 Å². The molecule has 0 unspecified atom stereocenters. The van der Waals surface area contributed by atoms with Crippen molar-refractivity contribution in [2.24, 2.45) is 0 Å². The summed E-state index contributed by atoms with van der Waals surface area (Å²) in [5.74, 6) is 0. The van der Waals surface area contributed by atoms with Gasteiger partial charge in [-0.1, -0.05) is 97.1 Å². The van der Waals surface area contributed by atoms with Crippen LogP contribution in [-0.2, 0) is 0 Å². The van der Waals surface area contributed by atoms with Crippen LogP contribution in [0, 0.1) is 0 Å². The van der Waals surface area contributed by atoms with Crippen LogP contribution >= 0.6 is 11.3 Å². The first-order chi connectivity index (χ1) is 20.8. The summed E-state index contributed by atoms with van der Waals surface area (Å²) < 4.78 is 5.08. The molecule has 0 bridgehead atoms. The van der Waals surface area contributed by atoms with Crippen molar-refractivity contribution in [3.8, 4) is 5.69 Å². The average molecular weight is 550 g/mol. The van der Waals surface area contributed by atoms with Gasteiger partial charge in [-0.05, 0) is 85.6 Å². The zero-order valence-corrected chi connectivity index (χ0v) is 23.5. The second-order valence-electron chi connectivity index (χ2n) is 11.3. The SMILES string of the molecule is c1ccc(-n2c3ccccc3c3cc4c(cc32)sc2cc3c5ccccc5c5ccc6ccccc6c5c3cc24)cc1. The van der Waals surface area contributed by atoms with Crippen molar-refractivity contribution in [3.63, 3.8) is 0 Å². The fourth-order valence-electron chi connectivity index (χ4n) is 7.31. The van der Waals surface area contributed by atoms with Gasteiger partial charge in [-0.2, -0.15) is 0 Å². The molecule has 8 aromatic carbocycles. The zero-order chi connectivity index (χ0) is 27.4. The molecule has 194 valence electrons. The third-order valence-corrected chi connectivity index (χ3v) is 10.2. The van der Waals surface area contributed by atoms with Gasteiger partial charge < -0.3 is 4.57 Å². The lowest BCUT2D eigenvalue weighted by Gasteiger charge is -2.13. The van der Waals surface area contributed by atoms with Gasteiger partial charge in [0.15, 0.2) is 0 Å². The van der Waals surface area contributed by atoms with Crippen LogP contribution < -0.4 is 0 Å². The van der Waals surface area contributed by atoms with Gasteiger partial charge in [-0.25, -0.2) is 0 Å². The maximum atomic E-state index is 2.48. The van der Waals surface area contributed by atoms with Gasteiger partial charge in [0.25, 0.3) is 0 Å². The third-order valence-electron chi connectivity index (χ3n) is 9.12. The summed E-state index contributed by atoms with van der Waals surface area (Å²) in [6.07, 6.45) is 0. The number of thiophene rings is 1. The first-order valence-corrected chi connectivity index (χ1v) is 15.3. The Morgan fingerprint density at radius 3 is 1.83 bits per heavy atom. The molecule has 0 N–H and O–H groups in total. The van der Waals surface area contributed by atoms with Crippen LogP contribution in [0.25, 0.3) is 90.8 Å². The molecule has 2 heterocycles. The van der Waals surface area contributed by atoms with Crippen LogP contribution in [0.15, 0.2) is 140 Å². The van der Waals surface area contributed by atoms with Crippen molar-refractivity contribution < 1.29 is 0 Å². The molecule has 0 radical (unpaired) electrons. The van der Waals surface area contributed by atoms with E-state index in [-0.39, 0.29) is 0 Å². The highest BCUT2D eigenvalue weighted by molar-refractivity contribution is 7.26. The van der Waals surface area contributed by atoms with E-state index in [2.05, 4.69) is 144 Å². The zero-order valence-electron chi connectivity index (χ0n) is 22.6. The predicted molar refractivity (Wildman–Crippen MR) is 184 cm³/mol. The molecule has 0 saturated carbocycles. The van der Waals surface area contributed by atoms with Crippen LogP contribution in [0.1, 0.15) is 0 Å². The largest absolute Gasteiger partial charge is 0.309 e. The van der Waals surface area contributed by atoms with Gasteiger partial charge in [0.2, 0.25) is 0 Å². The Kier molecular flexibility index (Phi) is 4.39. The van der Waals surface area contributed by atoms with E-state index in [9.17, 15) is 0 Å². The lowest BCUT2D eigenvalue weighted by Crippen LogP contribution is -1.92. The molecular formula is C40H23NS. The molecule has 10 rings (SSSR count). The molecule has 2 heteroatoms. The maximum absolute atomic E-state index is 2.48. The fraction of sp³-hybridized carbons (Fsp3) is 0. The van der Waals surface area contributed by atoms with Gasteiger partial charge in [0, 0.05) is 36.6 Å². The van der Waals surface area contributed by atoms with Crippen molar-refractivity contribution in [2.45, 2.75) is 0 Å². The molecule has 0 atom stereocenters. The third kappa shape index (κ3) is 2.92. The lowest BCUT2D eigenvalue weighted by molar-refractivity contribution is 1.18. The summed E-state index contributed by atoms with van der Waals surface area (Å²) in [7, 11) is 0. The quantitative estimate of drug-likeness (QED) is 0.179. The Morgan fingerprint density at radius 1 is 0.357 bits per heavy atom. The van der Waals surface area contributed by atoms with E-state index < -0.39 is 0 Å². The fourth-order valence-corrected chi connectivity index (χ4v) is 8.45. The Bertz CT molecular complexity index is 2730. The highest BCUT2D eigenvalue weighted by Crippen LogP contribution is 2.45. The Labute approximate surface area is 245 Å². The first kappa shape index (κ1) is 22.5. The number of hydrogen-bond donors (Lipinski definition) is 0. The molecule has 0 aliphatic heterocycles. The number of aromatic nitrogens is 1. The molecule has 2 aromatic heterocycles. The van der Waals surface area contributed by atoms with Crippen molar-refractivity contribution in [1.29, 1.82) is 0 Å². The highest BCUT2D eigenvalue weighted by Gasteiger charge is 2.18. The van der Waals surface area contributed by atoms with Crippen molar-refractivity contribution >= 4 is 96.4 Å². The molecular weight excluding hydrogens is 527 g/mol. The monoisotopic (exact) mass is 549 g/mol. The maximum Gasteiger partial charge on any atom is 0.0555 e. The molecule has 42 heavy (non-hydrogen) atoms. The summed E-state index contributed by atoms with van der Waals surface area (Å²) in [6.45, 7) is 0. The first-order valence-electron chi connectivity index (χ1n) is 14.4. The summed E-state index contributed by atoms with van der Waals surface area (Å²) in [4.78, 5) is 0. The Balaban J connectivity index is 1.40. The van der Waals surface area contributed by atoms with E-state index in [4.69, 9.17) is 0 Å². The van der Waals surface area contributed by atoms with E-state index in [1.165, 1.54) is 90.8 Å². The van der Waals surface area contributed by atoms with Crippen molar-refractivity contribution in [1.82, 2.24) is 4.57 Å². The number of hydrogen-bond acceptors (Lipinski definition) is 1. The molecule has 1 nitrogen and oxygen atoms in total. The predicted octanol–water partition coefficient (Wildman–Crippen LogP) is 11.8. The highest BCUT2D eigenvalue weighted by atomic mass is 32.1. The van der Waals surface area contributed by atoms with E-state index >= 15 is 0 Å². The Morgan fingerprint density at radius 2 is 1.00 bits per heavy atom. The normalized spacial score (nSPS) is 12.3.